The lowest BCUT2D eigenvalue weighted by Crippen LogP contribution is -2.30. The van der Waals surface area contributed by atoms with Gasteiger partial charge in [0.05, 0.1) is 0 Å². The summed E-state index contributed by atoms with van der Waals surface area (Å²) >= 11 is 0. The number of benzene rings is 1. The summed E-state index contributed by atoms with van der Waals surface area (Å²) in [4.78, 5) is 11.7. The van der Waals surface area contributed by atoms with Crippen molar-refractivity contribution in [3.63, 3.8) is 0 Å². The number of carbonyl (C=O) groups is 1. The van der Waals surface area contributed by atoms with Gasteiger partial charge in [0.25, 0.3) is 0 Å². The van der Waals surface area contributed by atoms with Crippen LogP contribution in [0.15, 0.2) is 24.3 Å². The average molecular weight is 279 g/mol. The van der Waals surface area contributed by atoms with Crippen molar-refractivity contribution < 1.29 is 9.53 Å². The Balaban J connectivity index is 2.47. The minimum absolute atomic E-state index is 0.186. The molecule has 5 heteroatoms. The van der Waals surface area contributed by atoms with E-state index in [-0.39, 0.29) is 12.1 Å². The van der Waals surface area contributed by atoms with Gasteiger partial charge in [-0.2, -0.15) is 0 Å². The van der Waals surface area contributed by atoms with Crippen molar-refractivity contribution in [3.8, 4) is 0 Å². The van der Waals surface area contributed by atoms with Crippen molar-refractivity contribution in [1.82, 2.24) is 10.6 Å². The molecule has 20 heavy (non-hydrogen) atoms. The van der Waals surface area contributed by atoms with E-state index >= 15 is 0 Å². The third-order valence-electron chi connectivity index (χ3n) is 2.97. The van der Waals surface area contributed by atoms with Crippen molar-refractivity contribution >= 4 is 11.7 Å². The molecule has 112 valence electrons. The molecule has 1 unspecified atom stereocenters. The molecule has 0 radical (unpaired) electrons. The van der Waals surface area contributed by atoms with Crippen molar-refractivity contribution in [2.75, 3.05) is 32.1 Å². The third kappa shape index (κ3) is 6.04. The summed E-state index contributed by atoms with van der Waals surface area (Å²) in [7, 11) is 1.65. The highest BCUT2D eigenvalue weighted by Crippen LogP contribution is 2.17. The molecule has 2 amide bonds. The first kappa shape index (κ1) is 16.5. The Morgan fingerprint density at radius 1 is 1.40 bits per heavy atom. The monoisotopic (exact) mass is 279 g/mol. The smallest absolute Gasteiger partial charge is 0.319 e. The van der Waals surface area contributed by atoms with Crippen LogP contribution in [0.3, 0.4) is 0 Å². The van der Waals surface area contributed by atoms with Gasteiger partial charge in [-0.15, -0.1) is 0 Å². The fraction of sp³-hybridized carbons (Fsp3) is 0.533. The van der Waals surface area contributed by atoms with E-state index in [1.54, 1.807) is 7.11 Å². The van der Waals surface area contributed by atoms with E-state index in [1.165, 1.54) is 0 Å². The summed E-state index contributed by atoms with van der Waals surface area (Å²) in [5, 5.41) is 8.98. The molecule has 0 saturated carbocycles. The Labute approximate surface area is 121 Å². The molecule has 0 heterocycles. The molecule has 0 saturated heterocycles. The first-order valence-corrected chi connectivity index (χ1v) is 7.04. The number of nitrogens with one attached hydrogen (secondary N) is 3. The molecule has 3 N–H and O–H groups in total. The SMILES string of the molecule is CCNC(C)c1cccc(NC(=O)NCCCOC)c1. The Hall–Kier alpha value is -1.59. The summed E-state index contributed by atoms with van der Waals surface area (Å²) in [6.45, 7) is 6.35. The normalized spacial score (nSPS) is 11.9. The van der Waals surface area contributed by atoms with E-state index in [0.29, 0.717) is 13.2 Å². The van der Waals surface area contributed by atoms with Gasteiger partial charge in [0.15, 0.2) is 0 Å². The van der Waals surface area contributed by atoms with Gasteiger partial charge in [-0.05, 0) is 37.6 Å². The molecular weight excluding hydrogens is 254 g/mol. The summed E-state index contributed by atoms with van der Waals surface area (Å²) in [6.07, 6.45) is 0.807. The minimum Gasteiger partial charge on any atom is -0.385 e. The van der Waals surface area contributed by atoms with Gasteiger partial charge in [-0.1, -0.05) is 19.1 Å². The Bertz CT molecular complexity index is 410. The fourth-order valence-electron chi connectivity index (χ4n) is 1.90. The molecule has 0 aliphatic carbocycles. The average Bonchev–Trinajstić information content (AvgIpc) is 2.44. The molecule has 1 aromatic carbocycles. The maximum absolute atomic E-state index is 11.7. The van der Waals surface area contributed by atoms with E-state index in [2.05, 4.69) is 35.9 Å². The van der Waals surface area contributed by atoms with Gasteiger partial charge in [0, 0.05) is 32.0 Å². The highest BCUT2D eigenvalue weighted by Gasteiger charge is 2.06. The fourth-order valence-corrected chi connectivity index (χ4v) is 1.90. The Morgan fingerprint density at radius 2 is 2.20 bits per heavy atom. The first-order chi connectivity index (χ1) is 9.67. The number of ether oxygens (including phenoxy) is 1. The number of anilines is 1. The number of methoxy groups -OCH3 is 1. The first-order valence-electron chi connectivity index (χ1n) is 7.04. The van der Waals surface area contributed by atoms with Crippen LogP contribution in [-0.4, -0.2) is 32.8 Å². The van der Waals surface area contributed by atoms with Crippen LogP contribution in [0.4, 0.5) is 10.5 Å². The topological polar surface area (TPSA) is 62.4 Å². The van der Waals surface area contributed by atoms with Gasteiger partial charge < -0.3 is 20.7 Å². The summed E-state index contributed by atoms with van der Waals surface area (Å²) in [5.74, 6) is 0. The van der Waals surface area contributed by atoms with E-state index in [4.69, 9.17) is 4.74 Å². The zero-order valence-corrected chi connectivity index (χ0v) is 12.5. The van der Waals surface area contributed by atoms with Gasteiger partial charge >= 0.3 is 6.03 Å². The van der Waals surface area contributed by atoms with Crippen LogP contribution in [0.25, 0.3) is 0 Å². The molecule has 1 aromatic rings. The number of hydrogen-bond acceptors (Lipinski definition) is 3. The maximum Gasteiger partial charge on any atom is 0.319 e. The lowest BCUT2D eigenvalue weighted by Gasteiger charge is -2.14. The molecule has 1 atom stereocenters. The van der Waals surface area contributed by atoms with Crippen molar-refractivity contribution in [1.29, 1.82) is 0 Å². The number of carbonyl (C=O) groups excluding carboxylic acids is 1. The highest BCUT2D eigenvalue weighted by molar-refractivity contribution is 5.89. The Kier molecular flexibility index (Phi) is 7.69. The summed E-state index contributed by atoms with van der Waals surface area (Å²) in [6, 6.07) is 7.96. The third-order valence-corrected chi connectivity index (χ3v) is 2.97. The van der Waals surface area contributed by atoms with Gasteiger partial charge in [0.1, 0.15) is 0 Å². The number of rotatable bonds is 8. The summed E-state index contributed by atoms with van der Waals surface area (Å²) < 4.78 is 4.93. The predicted octanol–water partition coefficient (Wildman–Crippen LogP) is 2.52. The van der Waals surface area contributed by atoms with Crippen LogP contribution in [0.5, 0.6) is 0 Å². The molecule has 0 fully saturated rings. The second kappa shape index (κ2) is 9.34. The van der Waals surface area contributed by atoms with Crippen LogP contribution in [0.1, 0.15) is 31.9 Å². The minimum atomic E-state index is -0.186. The van der Waals surface area contributed by atoms with E-state index in [0.717, 1.165) is 24.2 Å². The maximum atomic E-state index is 11.7. The lowest BCUT2D eigenvalue weighted by atomic mass is 10.1. The molecular formula is C15H25N3O2. The zero-order valence-electron chi connectivity index (χ0n) is 12.5. The quantitative estimate of drug-likeness (QED) is 0.641. The molecule has 0 spiro atoms. The number of urea groups is 1. The van der Waals surface area contributed by atoms with Gasteiger partial charge in [-0.25, -0.2) is 4.79 Å². The predicted molar refractivity (Wildman–Crippen MR) is 82.0 cm³/mol. The van der Waals surface area contributed by atoms with Crippen LogP contribution in [0, 0.1) is 0 Å². The zero-order chi connectivity index (χ0) is 14.8. The largest absolute Gasteiger partial charge is 0.385 e. The number of amides is 2. The molecule has 0 bridgehead atoms. The van der Waals surface area contributed by atoms with Crippen LogP contribution < -0.4 is 16.0 Å². The van der Waals surface area contributed by atoms with Crippen LogP contribution >= 0.6 is 0 Å². The lowest BCUT2D eigenvalue weighted by molar-refractivity contribution is 0.194. The van der Waals surface area contributed by atoms with Gasteiger partial charge in [0.2, 0.25) is 0 Å². The molecule has 0 aliphatic heterocycles. The molecule has 5 nitrogen and oxygen atoms in total. The molecule has 0 aliphatic rings. The van der Waals surface area contributed by atoms with Crippen LogP contribution in [0.2, 0.25) is 0 Å². The second-order valence-electron chi connectivity index (χ2n) is 4.63. The van der Waals surface area contributed by atoms with Crippen molar-refractivity contribution in [3.05, 3.63) is 29.8 Å². The Morgan fingerprint density at radius 3 is 2.90 bits per heavy atom. The highest BCUT2D eigenvalue weighted by atomic mass is 16.5. The molecule has 0 aromatic heterocycles. The number of hydrogen-bond donors (Lipinski definition) is 3. The summed E-state index contributed by atoms with van der Waals surface area (Å²) in [5.41, 5.74) is 1.96. The van der Waals surface area contributed by atoms with E-state index < -0.39 is 0 Å². The van der Waals surface area contributed by atoms with Crippen molar-refractivity contribution in [2.24, 2.45) is 0 Å². The van der Waals surface area contributed by atoms with E-state index in [9.17, 15) is 4.79 Å². The van der Waals surface area contributed by atoms with E-state index in [1.807, 2.05) is 18.2 Å². The standard InChI is InChI=1S/C15H25N3O2/c1-4-16-12(2)13-7-5-8-14(11-13)18-15(19)17-9-6-10-20-3/h5,7-8,11-12,16H,4,6,9-10H2,1-3H3,(H2,17,18,19). The van der Waals surface area contributed by atoms with Crippen LogP contribution in [-0.2, 0) is 4.74 Å². The van der Waals surface area contributed by atoms with Crippen molar-refractivity contribution in [2.45, 2.75) is 26.3 Å². The van der Waals surface area contributed by atoms with Gasteiger partial charge in [-0.3, -0.25) is 0 Å². The molecule has 1 rings (SSSR count). The second-order valence-corrected chi connectivity index (χ2v) is 4.63.